The van der Waals surface area contributed by atoms with Crippen molar-refractivity contribution in [3.63, 3.8) is 0 Å². The number of rotatable bonds is 0. The van der Waals surface area contributed by atoms with E-state index in [1.165, 1.54) is 28.0 Å². The maximum Gasteiger partial charge on any atom is 0.546 e. The second-order valence-electron chi connectivity index (χ2n) is 6.17. The fourth-order valence-electron chi connectivity index (χ4n) is 4.07. The van der Waals surface area contributed by atoms with Gasteiger partial charge in [-0.1, -0.05) is 18.2 Å². The van der Waals surface area contributed by atoms with E-state index in [2.05, 4.69) is 75.4 Å². The molecule has 0 spiro atoms. The molecule has 2 aliphatic heterocycles. The van der Waals surface area contributed by atoms with Crippen LogP contribution >= 0.6 is 0 Å². The quantitative estimate of drug-likeness (QED) is 0.269. The molecule has 0 N–H and O–H groups in total. The summed E-state index contributed by atoms with van der Waals surface area (Å²) < 4.78 is 9.28. The molecular weight excluding hydrogens is 259 g/mol. The highest BCUT2D eigenvalue weighted by atomic mass is 15.5. The summed E-state index contributed by atoms with van der Waals surface area (Å²) in [6.07, 6.45) is 6.39. The molecule has 0 radical (unpaired) electrons. The van der Waals surface area contributed by atoms with Gasteiger partial charge in [-0.15, -0.1) is 9.36 Å². The highest BCUT2D eigenvalue weighted by Crippen LogP contribution is 2.22. The van der Waals surface area contributed by atoms with Crippen LogP contribution in [0.3, 0.4) is 0 Å². The topological polar surface area (TPSA) is 17.6 Å². The molecule has 21 heavy (non-hydrogen) atoms. The Balaban J connectivity index is 1.91. The smallest absolute Gasteiger partial charge is 0.170 e. The zero-order valence-corrected chi connectivity index (χ0v) is 12.3. The van der Waals surface area contributed by atoms with Gasteiger partial charge in [0.1, 0.15) is 0 Å². The monoisotopic (exact) mass is 276 g/mol. The molecule has 0 amide bonds. The third kappa shape index (κ3) is 1.31. The second kappa shape index (κ2) is 3.67. The van der Waals surface area contributed by atoms with Gasteiger partial charge in [0.25, 0.3) is 0 Å². The molecule has 0 aliphatic carbocycles. The van der Waals surface area contributed by atoms with Gasteiger partial charge >= 0.3 is 6.98 Å². The van der Waals surface area contributed by atoms with E-state index in [4.69, 9.17) is 0 Å². The number of fused-ring (bicyclic) bond motifs is 4. The van der Waals surface area contributed by atoms with Crippen LogP contribution in [0.25, 0.3) is 0 Å². The number of aryl methyl sites for hydroxylation is 2. The summed E-state index contributed by atoms with van der Waals surface area (Å²) >= 11 is 0. The Kier molecular flexibility index (Phi) is 1.99. The Labute approximate surface area is 123 Å². The Morgan fingerprint density at radius 2 is 1.38 bits per heavy atom. The summed E-state index contributed by atoms with van der Waals surface area (Å²) in [5.41, 5.74) is 7.21. The van der Waals surface area contributed by atoms with E-state index in [0.29, 0.717) is 0 Å². The van der Waals surface area contributed by atoms with E-state index in [1.807, 2.05) is 0 Å². The van der Waals surface area contributed by atoms with Crippen LogP contribution in [0.15, 0.2) is 42.7 Å². The van der Waals surface area contributed by atoms with E-state index in [0.717, 1.165) is 12.8 Å². The van der Waals surface area contributed by atoms with Crippen molar-refractivity contribution in [1.29, 1.82) is 0 Å². The predicted octanol–water partition coefficient (Wildman–Crippen LogP) is -0.461. The van der Waals surface area contributed by atoms with Crippen molar-refractivity contribution in [2.45, 2.75) is 12.8 Å². The van der Waals surface area contributed by atoms with Crippen LogP contribution in [-0.2, 0) is 26.9 Å². The molecule has 3 aromatic rings. The van der Waals surface area contributed by atoms with E-state index in [-0.39, 0.29) is 6.98 Å². The standard InChI is InChI=1S/C16H17BN4/c1-18-8-6-14-10-12-4-3-5-13-11-15-7-9-19(2)21(15)17(16(12)13)20(14)18/h3-9H,10-11H2,1-2H3/q+2. The van der Waals surface area contributed by atoms with Crippen LogP contribution in [0.5, 0.6) is 0 Å². The molecule has 2 aromatic heterocycles. The molecule has 4 nitrogen and oxygen atoms in total. The predicted molar refractivity (Wildman–Crippen MR) is 79.5 cm³/mol. The summed E-state index contributed by atoms with van der Waals surface area (Å²) in [5, 5.41) is 0. The first-order valence-electron chi connectivity index (χ1n) is 7.47. The molecule has 5 heteroatoms. The van der Waals surface area contributed by atoms with Gasteiger partial charge in [0, 0.05) is 25.0 Å². The van der Waals surface area contributed by atoms with Crippen molar-refractivity contribution >= 4 is 12.4 Å². The van der Waals surface area contributed by atoms with Crippen LogP contribution in [0, 0.1) is 0 Å². The van der Waals surface area contributed by atoms with E-state index >= 15 is 0 Å². The summed E-state index contributed by atoms with van der Waals surface area (Å²) in [6, 6.07) is 11.3. The van der Waals surface area contributed by atoms with Gasteiger partial charge in [-0.05, 0) is 16.6 Å². The molecule has 0 saturated heterocycles. The van der Waals surface area contributed by atoms with E-state index < -0.39 is 0 Å². The summed E-state index contributed by atoms with van der Waals surface area (Å²) in [6.45, 7) is 0.240. The average molecular weight is 276 g/mol. The first kappa shape index (κ1) is 11.4. The van der Waals surface area contributed by atoms with Crippen LogP contribution in [0.1, 0.15) is 22.5 Å². The molecule has 2 aliphatic rings. The third-order valence-corrected chi connectivity index (χ3v) is 4.98. The van der Waals surface area contributed by atoms with Crippen molar-refractivity contribution in [2.75, 3.05) is 0 Å². The number of aromatic nitrogens is 4. The van der Waals surface area contributed by atoms with Gasteiger partial charge in [-0.2, -0.15) is 9.19 Å². The van der Waals surface area contributed by atoms with Gasteiger partial charge in [0.2, 0.25) is 0 Å². The molecule has 0 saturated carbocycles. The molecule has 0 unspecified atom stereocenters. The summed E-state index contributed by atoms with van der Waals surface area (Å²) in [4.78, 5) is 0. The van der Waals surface area contributed by atoms with Crippen molar-refractivity contribution in [3.05, 3.63) is 65.2 Å². The van der Waals surface area contributed by atoms with Crippen molar-refractivity contribution < 1.29 is 9.36 Å². The molecule has 0 bridgehead atoms. The van der Waals surface area contributed by atoms with Gasteiger partial charge in [-0.3, -0.25) is 0 Å². The highest BCUT2D eigenvalue weighted by molar-refractivity contribution is 6.71. The minimum atomic E-state index is 0.240. The van der Waals surface area contributed by atoms with E-state index in [9.17, 15) is 0 Å². The number of benzene rings is 1. The zero-order valence-electron chi connectivity index (χ0n) is 12.3. The Hall–Kier alpha value is -2.30. The van der Waals surface area contributed by atoms with Crippen LogP contribution in [0.4, 0.5) is 0 Å². The van der Waals surface area contributed by atoms with Crippen molar-refractivity contribution in [2.24, 2.45) is 14.1 Å². The SMILES string of the molecule is C[n+]1ccc2n1B1c3c(cccc3Cc3cc[n+](C)n31)C2. The lowest BCUT2D eigenvalue weighted by atomic mass is 9.59. The van der Waals surface area contributed by atoms with E-state index in [1.54, 1.807) is 0 Å². The highest BCUT2D eigenvalue weighted by Gasteiger charge is 2.46. The summed E-state index contributed by atoms with van der Waals surface area (Å²) in [5.74, 6) is 0. The third-order valence-electron chi connectivity index (χ3n) is 4.98. The largest absolute Gasteiger partial charge is 0.546 e. The lowest BCUT2D eigenvalue weighted by molar-refractivity contribution is -0.752. The lowest BCUT2D eigenvalue weighted by Crippen LogP contribution is -2.67. The average Bonchev–Trinajstić information content (AvgIpc) is 3.03. The van der Waals surface area contributed by atoms with Crippen LogP contribution < -0.4 is 14.8 Å². The van der Waals surface area contributed by atoms with Gasteiger partial charge < -0.3 is 0 Å². The molecule has 1 aromatic carbocycles. The molecular formula is C16H17BN4+2. The van der Waals surface area contributed by atoms with Crippen LogP contribution in [0.2, 0.25) is 0 Å². The second-order valence-corrected chi connectivity index (χ2v) is 6.17. The molecule has 102 valence electrons. The minimum Gasteiger partial charge on any atom is -0.170 e. The number of hydrogen-bond donors (Lipinski definition) is 0. The minimum absolute atomic E-state index is 0.240. The van der Waals surface area contributed by atoms with Gasteiger partial charge in [0.15, 0.2) is 26.5 Å². The Bertz CT molecular complexity index is 821. The fraction of sp³-hybridized carbons (Fsp3) is 0.250. The first-order valence-corrected chi connectivity index (χ1v) is 7.47. The summed E-state index contributed by atoms with van der Waals surface area (Å²) in [7, 11) is 4.27. The maximum atomic E-state index is 2.43. The first-order chi connectivity index (χ1) is 10.2. The van der Waals surface area contributed by atoms with Gasteiger partial charge in [0.05, 0.1) is 11.4 Å². The van der Waals surface area contributed by atoms with Crippen LogP contribution in [-0.4, -0.2) is 16.2 Å². The molecule has 4 heterocycles. The van der Waals surface area contributed by atoms with Gasteiger partial charge in [-0.25, -0.2) is 0 Å². The Morgan fingerprint density at radius 1 is 0.857 bits per heavy atom. The normalized spacial score (nSPS) is 14.7. The molecule has 5 rings (SSSR count). The zero-order chi connectivity index (χ0) is 14.1. The number of nitrogens with zero attached hydrogens (tertiary/aromatic N) is 4. The Morgan fingerprint density at radius 3 is 1.90 bits per heavy atom. The fourth-order valence-corrected chi connectivity index (χ4v) is 4.07. The maximum absolute atomic E-state index is 2.43. The molecule has 0 atom stereocenters. The van der Waals surface area contributed by atoms with Crippen molar-refractivity contribution in [1.82, 2.24) is 9.19 Å². The molecule has 0 fully saturated rings. The lowest BCUT2D eigenvalue weighted by Gasteiger charge is -2.28. The number of hydrogen-bond acceptors (Lipinski definition) is 0. The van der Waals surface area contributed by atoms with Crippen molar-refractivity contribution in [3.8, 4) is 0 Å².